The van der Waals surface area contributed by atoms with E-state index in [1.807, 2.05) is 32.0 Å². The van der Waals surface area contributed by atoms with Gasteiger partial charge in [0.15, 0.2) is 0 Å². The van der Waals surface area contributed by atoms with E-state index in [2.05, 4.69) is 5.32 Å². The number of methoxy groups -OCH3 is 1. The van der Waals surface area contributed by atoms with E-state index in [9.17, 15) is 13.2 Å². The SMILES string of the molecule is COc1ccc(N(CC(=O)Nc2cc(C)cc(C)c2)S(C)(=O)=O)cc1Cl. The average Bonchev–Trinajstić information content (AvgIpc) is 2.50. The predicted molar refractivity (Wildman–Crippen MR) is 105 cm³/mol. The van der Waals surface area contributed by atoms with Gasteiger partial charge in [-0.05, 0) is 55.3 Å². The number of ether oxygens (including phenoxy) is 1. The van der Waals surface area contributed by atoms with Crippen LogP contribution in [0.25, 0.3) is 0 Å². The van der Waals surface area contributed by atoms with Crippen LogP contribution < -0.4 is 14.4 Å². The Morgan fingerprint density at radius 1 is 1.15 bits per heavy atom. The van der Waals surface area contributed by atoms with Crippen LogP contribution in [0.15, 0.2) is 36.4 Å². The first kappa shape index (κ1) is 20.1. The van der Waals surface area contributed by atoms with E-state index < -0.39 is 15.9 Å². The first-order valence-corrected chi connectivity index (χ1v) is 10.0. The molecule has 140 valence electrons. The lowest BCUT2D eigenvalue weighted by Gasteiger charge is -2.22. The Balaban J connectivity index is 2.25. The number of rotatable bonds is 6. The summed E-state index contributed by atoms with van der Waals surface area (Å²) in [4.78, 5) is 12.4. The summed E-state index contributed by atoms with van der Waals surface area (Å²) < 4.78 is 30.4. The van der Waals surface area contributed by atoms with Crippen molar-refractivity contribution in [2.75, 3.05) is 29.5 Å². The fraction of sp³-hybridized carbons (Fsp3) is 0.278. The zero-order chi connectivity index (χ0) is 19.5. The Labute approximate surface area is 158 Å². The topological polar surface area (TPSA) is 75.7 Å². The molecule has 2 aromatic carbocycles. The number of carbonyl (C=O) groups is 1. The molecule has 0 aliphatic heterocycles. The fourth-order valence-corrected chi connectivity index (χ4v) is 3.69. The van der Waals surface area contributed by atoms with Gasteiger partial charge in [-0.25, -0.2) is 8.42 Å². The average molecular weight is 397 g/mol. The van der Waals surface area contributed by atoms with E-state index in [-0.39, 0.29) is 17.3 Å². The number of hydrogen-bond acceptors (Lipinski definition) is 4. The second kappa shape index (κ2) is 7.97. The fourth-order valence-electron chi connectivity index (χ4n) is 2.59. The summed E-state index contributed by atoms with van der Waals surface area (Å²) in [7, 11) is -2.22. The second-order valence-electron chi connectivity index (χ2n) is 6.01. The predicted octanol–water partition coefficient (Wildman–Crippen LogP) is 3.37. The number of carbonyl (C=O) groups excluding carboxylic acids is 1. The van der Waals surface area contributed by atoms with Gasteiger partial charge in [0, 0.05) is 5.69 Å². The van der Waals surface area contributed by atoms with Crippen molar-refractivity contribution in [1.82, 2.24) is 0 Å². The van der Waals surface area contributed by atoms with Gasteiger partial charge in [-0.1, -0.05) is 17.7 Å². The summed E-state index contributed by atoms with van der Waals surface area (Å²) >= 11 is 6.08. The van der Waals surface area contributed by atoms with Crippen LogP contribution in [0.1, 0.15) is 11.1 Å². The Hall–Kier alpha value is -2.25. The van der Waals surface area contributed by atoms with Gasteiger partial charge in [0.25, 0.3) is 0 Å². The van der Waals surface area contributed by atoms with Crippen molar-refractivity contribution in [3.63, 3.8) is 0 Å². The second-order valence-corrected chi connectivity index (χ2v) is 8.33. The van der Waals surface area contributed by atoms with Crippen LogP contribution in [0.3, 0.4) is 0 Å². The van der Waals surface area contributed by atoms with Gasteiger partial charge in [0.2, 0.25) is 15.9 Å². The number of nitrogens with zero attached hydrogens (tertiary/aromatic N) is 1. The summed E-state index contributed by atoms with van der Waals surface area (Å²) in [5.41, 5.74) is 2.91. The van der Waals surface area contributed by atoms with E-state index in [1.165, 1.54) is 19.2 Å². The molecule has 6 nitrogen and oxygen atoms in total. The standard InChI is InChI=1S/C18H21ClN2O4S/c1-12-7-13(2)9-14(8-12)20-18(22)11-21(26(4,23)24)15-5-6-17(25-3)16(19)10-15/h5-10H,11H2,1-4H3,(H,20,22). The van der Waals surface area contributed by atoms with Crippen molar-refractivity contribution in [1.29, 1.82) is 0 Å². The number of halogens is 1. The summed E-state index contributed by atoms with van der Waals surface area (Å²) in [5.74, 6) is -0.0316. The van der Waals surface area contributed by atoms with Gasteiger partial charge in [-0.15, -0.1) is 0 Å². The number of sulfonamides is 1. The normalized spacial score (nSPS) is 11.1. The van der Waals surface area contributed by atoms with Crippen LogP contribution in [-0.4, -0.2) is 34.2 Å². The molecule has 1 amide bonds. The molecule has 0 aliphatic carbocycles. The molecular formula is C18H21ClN2O4S. The first-order valence-electron chi connectivity index (χ1n) is 7.79. The highest BCUT2D eigenvalue weighted by atomic mass is 35.5. The van der Waals surface area contributed by atoms with Gasteiger partial charge in [-0.2, -0.15) is 0 Å². The van der Waals surface area contributed by atoms with Gasteiger partial charge < -0.3 is 10.1 Å². The van der Waals surface area contributed by atoms with E-state index in [0.29, 0.717) is 11.4 Å². The third-order valence-corrected chi connectivity index (χ3v) is 5.05. The number of hydrogen-bond donors (Lipinski definition) is 1. The molecule has 0 saturated carbocycles. The maximum absolute atomic E-state index is 12.4. The molecule has 1 N–H and O–H groups in total. The number of benzene rings is 2. The minimum atomic E-state index is -3.68. The highest BCUT2D eigenvalue weighted by Gasteiger charge is 2.22. The zero-order valence-electron chi connectivity index (χ0n) is 15.0. The molecule has 0 radical (unpaired) electrons. The Bertz CT molecular complexity index is 909. The number of amides is 1. The summed E-state index contributed by atoms with van der Waals surface area (Å²) in [6.07, 6.45) is 1.04. The van der Waals surface area contributed by atoms with Crippen molar-refractivity contribution in [2.24, 2.45) is 0 Å². The lowest BCUT2D eigenvalue weighted by molar-refractivity contribution is -0.114. The molecular weight excluding hydrogens is 376 g/mol. The van der Waals surface area contributed by atoms with E-state index in [0.717, 1.165) is 21.7 Å². The molecule has 2 rings (SSSR count). The van der Waals surface area contributed by atoms with Crippen LogP contribution >= 0.6 is 11.6 Å². The van der Waals surface area contributed by atoms with Crippen molar-refractivity contribution in [2.45, 2.75) is 13.8 Å². The molecule has 0 unspecified atom stereocenters. The minimum Gasteiger partial charge on any atom is -0.495 e. The van der Waals surface area contributed by atoms with E-state index in [4.69, 9.17) is 16.3 Å². The Morgan fingerprint density at radius 2 is 1.77 bits per heavy atom. The van der Waals surface area contributed by atoms with Crippen molar-refractivity contribution >= 4 is 38.9 Å². The summed E-state index contributed by atoms with van der Waals surface area (Å²) in [6.45, 7) is 3.48. The summed E-state index contributed by atoms with van der Waals surface area (Å²) in [6, 6.07) is 10.2. The van der Waals surface area contributed by atoms with E-state index >= 15 is 0 Å². The lowest BCUT2D eigenvalue weighted by atomic mass is 10.1. The third kappa shape index (κ3) is 5.12. The van der Waals surface area contributed by atoms with Crippen LogP contribution in [-0.2, 0) is 14.8 Å². The Kier molecular flexibility index (Phi) is 6.15. The molecule has 26 heavy (non-hydrogen) atoms. The molecule has 0 heterocycles. The molecule has 0 fully saturated rings. The third-order valence-electron chi connectivity index (χ3n) is 3.62. The first-order chi connectivity index (χ1) is 12.1. The molecule has 0 spiro atoms. The van der Waals surface area contributed by atoms with Crippen LogP contribution in [0.2, 0.25) is 5.02 Å². The highest BCUT2D eigenvalue weighted by molar-refractivity contribution is 7.92. The molecule has 8 heteroatoms. The smallest absolute Gasteiger partial charge is 0.245 e. The van der Waals surface area contributed by atoms with Crippen LogP contribution in [0.4, 0.5) is 11.4 Å². The van der Waals surface area contributed by atoms with Gasteiger partial charge in [0.05, 0.1) is 24.1 Å². The van der Waals surface area contributed by atoms with Crippen LogP contribution in [0.5, 0.6) is 5.75 Å². The molecule has 0 saturated heterocycles. The maximum atomic E-state index is 12.4. The van der Waals surface area contributed by atoms with Gasteiger partial charge in [0.1, 0.15) is 12.3 Å². The number of aryl methyl sites for hydroxylation is 2. The largest absolute Gasteiger partial charge is 0.495 e. The zero-order valence-corrected chi connectivity index (χ0v) is 16.6. The quantitative estimate of drug-likeness (QED) is 0.812. The molecule has 2 aromatic rings. The van der Waals surface area contributed by atoms with Crippen LogP contribution in [0, 0.1) is 13.8 Å². The van der Waals surface area contributed by atoms with Crippen molar-refractivity contribution < 1.29 is 17.9 Å². The Morgan fingerprint density at radius 3 is 2.27 bits per heavy atom. The van der Waals surface area contributed by atoms with Gasteiger partial charge in [-0.3, -0.25) is 9.10 Å². The molecule has 0 bridgehead atoms. The van der Waals surface area contributed by atoms with Crippen molar-refractivity contribution in [3.8, 4) is 5.75 Å². The summed E-state index contributed by atoms with van der Waals surface area (Å²) in [5, 5.41) is 2.99. The highest BCUT2D eigenvalue weighted by Crippen LogP contribution is 2.30. The maximum Gasteiger partial charge on any atom is 0.245 e. The monoisotopic (exact) mass is 396 g/mol. The number of nitrogens with one attached hydrogen (secondary N) is 1. The van der Waals surface area contributed by atoms with Gasteiger partial charge >= 0.3 is 0 Å². The number of anilines is 2. The van der Waals surface area contributed by atoms with Crippen molar-refractivity contribution in [3.05, 3.63) is 52.5 Å². The lowest BCUT2D eigenvalue weighted by Crippen LogP contribution is -2.37. The molecule has 0 aliphatic rings. The molecule has 0 atom stereocenters. The minimum absolute atomic E-state index is 0.258. The molecule has 0 aromatic heterocycles. The van der Waals surface area contributed by atoms with E-state index in [1.54, 1.807) is 6.07 Å².